The molecule has 3 rings (SSSR count). The van der Waals surface area contributed by atoms with Crippen molar-refractivity contribution in [3.8, 4) is 0 Å². The Morgan fingerprint density at radius 2 is 1.90 bits per heavy atom. The number of nitrogens with one attached hydrogen (secondary N) is 1. The molecule has 1 aromatic heterocycles. The van der Waals surface area contributed by atoms with Gasteiger partial charge in [0.05, 0.1) is 17.8 Å². The monoisotopic (exact) mass is 287 g/mol. The van der Waals surface area contributed by atoms with Crippen LogP contribution < -0.4 is 5.32 Å². The average Bonchev–Trinajstić information content (AvgIpc) is 2.82. The van der Waals surface area contributed by atoms with Gasteiger partial charge in [0.2, 0.25) is 0 Å². The lowest BCUT2D eigenvalue weighted by atomic mass is 10.2. The molecule has 0 spiro atoms. The summed E-state index contributed by atoms with van der Waals surface area (Å²) in [5.74, 6) is -1.67. The summed E-state index contributed by atoms with van der Waals surface area (Å²) in [5, 5.41) is 8.71. The predicted molar refractivity (Wildman–Crippen MR) is 78.0 cm³/mol. The van der Waals surface area contributed by atoms with Crippen LogP contribution in [0.25, 0.3) is 10.9 Å². The number of rotatable bonds is 4. The van der Waals surface area contributed by atoms with Gasteiger partial charge in [0.1, 0.15) is 0 Å². The second-order valence-electron chi connectivity index (χ2n) is 4.90. The average molecular weight is 287 g/mol. The molecule has 1 N–H and O–H groups in total. The van der Waals surface area contributed by atoms with Gasteiger partial charge in [0, 0.05) is 11.9 Å². The quantitative estimate of drug-likeness (QED) is 0.799. The van der Waals surface area contributed by atoms with Crippen LogP contribution in [0.1, 0.15) is 11.3 Å². The molecule has 0 aliphatic carbocycles. The minimum Gasteiger partial charge on any atom is -0.314 e. The Labute approximate surface area is 121 Å². The third-order valence-corrected chi connectivity index (χ3v) is 3.40. The largest absolute Gasteiger partial charge is 0.314 e. The van der Waals surface area contributed by atoms with E-state index in [-0.39, 0.29) is 0 Å². The van der Waals surface area contributed by atoms with Crippen LogP contribution >= 0.6 is 0 Å². The predicted octanol–water partition coefficient (Wildman–Crippen LogP) is 3.08. The Kier molecular flexibility index (Phi) is 3.66. The number of halogens is 2. The van der Waals surface area contributed by atoms with E-state index in [4.69, 9.17) is 0 Å². The van der Waals surface area contributed by atoms with Crippen molar-refractivity contribution in [2.75, 3.05) is 7.05 Å². The molecule has 0 amide bonds. The Balaban J connectivity index is 2.01. The number of hydrogen-bond acceptors (Lipinski definition) is 2. The smallest absolute Gasteiger partial charge is 0.159 e. The van der Waals surface area contributed by atoms with Gasteiger partial charge in [0.15, 0.2) is 11.6 Å². The SMILES string of the molecule is CNCc1nn(Cc2ccc(F)c(F)c2)c2ccccc12. The summed E-state index contributed by atoms with van der Waals surface area (Å²) in [6, 6.07) is 11.8. The zero-order chi connectivity index (χ0) is 14.8. The van der Waals surface area contributed by atoms with Crippen molar-refractivity contribution in [2.24, 2.45) is 0 Å². The van der Waals surface area contributed by atoms with Gasteiger partial charge in [-0.3, -0.25) is 4.68 Å². The summed E-state index contributed by atoms with van der Waals surface area (Å²) in [4.78, 5) is 0. The van der Waals surface area contributed by atoms with Crippen molar-refractivity contribution in [3.05, 3.63) is 65.4 Å². The lowest BCUT2D eigenvalue weighted by Crippen LogP contribution is -2.08. The number of nitrogens with zero attached hydrogens (tertiary/aromatic N) is 2. The Morgan fingerprint density at radius 1 is 1.10 bits per heavy atom. The van der Waals surface area contributed by atoms with Crippen molar-refractivity contribution in [2.45, 2.75) is 13.1 Å². The summed E-state index contributed by atoms with van der Waals surface area (Å²) in [7, 11) is 1.86. The van der Waals surface area contributed by atoms with Crippen LogP contribution in [0.15, 0.2) is 42.5 Å². The van der Waals surface area contributed by atoms with Crippen molar-refractivity contribution in [1.82, 2.24) is 15.1 Å². The summed E-state index contributed by atoms with van der Waals surface area (Å²) in [6.45, 7) is 1.06. The van der Waals surface area contributed by atoms with Crippen LogP contribution in [0.5, 0.6) is 0 Å². The second kappa shape index (κ2) is 5.61. The first-order valence-corrected chi connectivity index (χ1v) is 6.72. The highest BCUT2D eigenvalue weighted by Gasteiger charge is 2.10. The van der Waals surface area contributed by atoms with Gasteiger partial charge < -0.3 is 5.32 Å². The van der Waals surface area contributed by atoms with Crippen molar-refractivity contribution >= 4 is 10.9 Å². The van der Waals surface area contributed by atoms with Crippen molar-refractivity contribution in [1.29, 1.82) is 0 Å². The summed E-state index contributed by atoms with van der Waals surface area (Å²) in [6.07, 6.45) is 0. The van der Waals surface area contributed by atoms with Crippen LogP contribution in [-0.4, -0.2) is 16.8 Å². The highest BCUT2D eigenvalue weighted by Crippen LogP contribution is 2.20. The van der Waals surface area contributed by atoms with Gasteiger partial charge in [-0.15, -0.1) is 0 Å². The first kappa shape index (κ1) is 13.7. The topological polar surface area (TPSA) is 29.9 Å². The van der Waals surface area contributed by atoms with E-state index < -0.39 is 11.6 Å². The maximum Gasteiger partial charge on any atom is 0.159 e. The molecule has 1 heterocycles. The third kappa shape index (κ3) is 2.64. The standard InChI is InChI=1S/C16H15F2N3/c1-19-9-15-12-4-2-3-5-16(12)21(20-15)10-11-6-7-13(17)14(18)8-11/h2-8,19H,9-10H2,1H3. The Hall–Kier alpha value is -2.27. The van der Waals surface area contributed by atoms with E-state index in [9.17, 15) is 8.78 Å². The molecule has 108 valence electrons. The number of hydrogen-bond donors (Lipinski definition) is 1. The maximum atomic E-state index is 13.3. The van der Waals surface area contributed by atoms with E-state index in [0.29, 0.717) is 18.7 Å². The third-order valence-electron chi connectivity index (χ3n) is 3.40. The normalized spacial score (nSPS) is 11.2. The number of benzene rings is 2. The molecule has 0 fully saturated rings. The summed E-state index contributed by atoms with van der Waals surface area (Å²) < 4.78 is 28.1. The Bertz CT molecular complexity index is 780. The highest BCUT2D eigenvalue weighted by atomic mass is 19.2. The molecule has 5 heteroatoms. The van der Waals surface area contributed by atoms with Crippen LogP contribution in [0.3, 0.4) is 0 Å². The van der Waals surface area contributed by atoms with Crippen LogP contribution in [0.4, 0.5) is 8.78 Å². The van der Waals surface area contributed by atoms with Gasteiger partial charge in [-0.1, -0.05) is 24.3 Å². The lowest BCUT2D eigenvalue weighted by Gasteiger charge is -2.04. The number of para-hydroxylation sites is 1. The molecule has 0 saturated carbocycles. The van der Waals surface area contributed by atoms with E-state index in [1.807, 2.05) is 36.0 Å². The molecule has 3 aromatic rings. The van der Waals surface area contributed by atoms with Gasteiger partial charge in [-0.05, 0) is 30.8 Å². The molecular weight excluding hydrogens is 272 g/mol. The highest BCUT2D eigenvalue weighted by molar-refractivity contribution is 5.82. The maximum absolute atomic E-state index is 13.3. The summed E-state index contributed by atoms with van der Waals surface area (Å²) in [5.41, 5.74) is 2.60. The summed E-state index contributed by atoms with van der Waals surface area (Å²) >= 11 is 0. The van der Waals surface area contributed by atoms with Gasteiger partial charge in [-0.25, -0.2) is 8.78 Å². The van der Waals surface area contributed by atoms with Gasteiger partial charge in [0.25, 0.3) is 0 Å². The van der Waals surface area contributed by atoms with E-state index >= 15 is 0 Å². The molecule has 0 bridgehead atoms. The molecule has 0 radical (unpaired) electrons. The first-order chi connectivity index (χ1) is 10.2. The minimum absolute atomic E-state index is 0.404. The fourth-order valence-corrected chi connectivity index (χ4v) is 2.43. The van der Waals surface area contributed by atoms with E-state index in [1.165, 1.54) is 6.07 Å². The van der Waals surface area contributed by atoms with Crippen molar-refractivity contribution in [3.63, 3.8) is 0 Å². The molecule has 21 heavy (non-hydrogen) atoms. The minimum atomic E-state index is -0.834. The van der Waals surface area contributed by atoms with Crippen molar-refractivity contribution < 1.29 is 8.78 Å². The Morgan fingerprint density at radius 3 is 2.67 bits per heavy atom. The first-order valence-electron chi connectivity index (χ1n) is 6.72. The van der Waals surface area contributed by atoms with Crippen LogP contribution in [0, 0.1) is 11.6 Å². The molecular formula is C16H15F2N3. The molecule has 0 aliphatic rings. The molecule has 2 aromatic carbocycles. The molecule has 0 unspecified atom stereocenters. The number of fused-ring (bicyclic) bond motifs is 1. The fourth-order valence-electron chi connectivity index (χ4n) is 2.43. The van der Waals surface area contributed by atoms with E-state index in [0.717, 1.165) is 22.7 Å². The van der Waals surface area contributed by atoms with Gasteiger partial charge >= 0.3 is 0 Å². The van der Waals surface area contributed by atoms with Gasteiger partial charge in [-0.2, -0.15) is 5.10 Å². The van der Waals surface area contributed by atoms with E-state index in [1.54, 1.807) is 6.07 Å². The second-order valence-corrected chi connectivity index (χ2v) is 4.90. The zero-order valence-corrected chi connectivity index (χ0v) is 11.6. The molecule has 0 atom stereocenters. The fraction of sp³-hybridized carbons (Fsp3) is 0.188. The molecule has 3 nitrogen and oxygen atoms in total. The van der Waals surface area contributed by atoms with E-state index in [2.05, 4.69) is 10.4 Å². The van der Waals surface area contributed by atoms with Crippen LogP contribution in [-0.2, 0) is 13.1 Å². The lowest BCUT2D eigenvalue weighted by molar-refractivity contribution is 0.506. The molecule has 0 saturated heterocycles. The molecule has 0 aliphatic heterocycles. The number of aromatic nitrogens is 2. The van der Waals surface area contributed by atoms with Crippen LogP contribution in [0.2, 0.25) is 0 Å². The zero-order valence-electron chi connectivity index (χ0n) is 11.6.